The lowest BCUT2D eigenvalue weighted by Crippen LogP contribution is -2.03. The van der Waals surface area contributed by atoms with Gasteiger partial charge in [-0.3, -0.25) is 0 Å². The van der Waals surface area contributed by atoms with Crippen LogP contribution in [-0.4, -0.2) is 19.1 Å². The maximum atomic E-state index is 13.0. The standard InChI is InChI=1S/C19H16FN3.C11H11FN2.C8H6BrN/c20-17-7-5-15(6-8-17)10-12-23-14-22-13-19(23)18-4-2-1-3-16(18)9-11-21;12-11-3-1-10(2-4-11)5-7-14-8-6-13-9-14;9-8-4-2-1-3-7(8)5-6-10/h1-8,13-14H,9-10,12H2;1-4,6,8-9H,5,7H2;1-4H,5H2. The van der Waals surface area contributed by atoms with Crippen LogP contribution in [0.1, 0.15) is 22.3 Å². The van der Waals surface area contributed by atoms with Crippen LogP contribution in [0.2, 0.25) is 0 Å². The summed E-state index contributed by atoms with van der Waals surface area (Å²) in [7, 11) is 0. The second kappa shape index (κ2) is 18.6. The molecule has 2 aromatic heterocycles. The van der Waals surface area contributed by atoms with Crippen LogP contribution in [0.15, 0.2) is 133 Å². The van der Waals surface area contributed by atoms with Crippen LogP contribution in [-0.2, 0) is 38.8 Å². The van der Waals surface area contributed by atoms with E-state index in [4.69, 9.17) is 10.5 Å². The van der Waals surface area contributed by atoms with E-state index in [0.717, 1.165) is 63.9 Å². The van der Waals surface area contributed by atoms with Gasteiger partial charge < -0.3 is 9.13 Å². The molecule has 0 bridgehead atoms. The Hall–Kier alpha value is -5.38. The Morgan fingerprint density at radius 3 is 1.83 bits per heavy atom. The maximum absolute atomic E-state index is 13.0. The van der Waals surface area contributed by atoms with Crippen LogP contribution in [0, 0.1) is 34.3 Å². The van der Waals surface area contributed by atoms with Crippen molar-refractivity contribution in [2.45, 2.75) is 38.8 Å². The SMILES string of the molecule is Fc1ccc(CCn2ccnc2)cc1.N#CCc1ccccc1-c1cncn1CCc1ccc(F)cc1.N#CCc1ccccc1Br. The zero-order valence-electron chi connectivity index (χ0n) is 25.7. The summed E-state index contributed by atoms with van der Waals surface area (Å²) in [4.78, 5) is 8.20. The number of benzene rings is 4. The summed E-state index contributed by atoms with van der Waals surface area (Å²) in [5.74, 6) is -0.404. The molecule has 0 N–H and O–H groups in total. The van der Waals surface area contributed by atoms with Crippen LogP contribution >= 0.6 is 15.9 Å². The summed E-state index contributed by atoms with van der Waals surface area (Å²) in [5.41, 5.74) is 6.30. The van der Waals surface area contributed by atoms with E-state index in [9.17, 15) is 8.78 Å². The molecule has 0 aliphatic carbocycles. The van der Waals surface area contributed by atoms with Gasteiger partial charge in [-0.25, -0.2) is 18.7 Å². The number of imidazole rings is 2. The van der Waals surface area contributed by atoms with Crippen LogP contribution in [0.5, 0.6) is 0 Å². The van der Waals surface area contributed by atoms with Gasteiger partial charge in [-0.05, 0) is 65.4 Å². The van der Waals surface area contributed by atoms with Gasteiger partial charge in [0.2, 0.25) is 0 Å². The average molecular weight is 692 g/mol. The van der Waals surface area contributed by atoms with E-state index in [-0.39, 0.29) is 11.6 Å². The highest BCUT2D eigenvalue weighted by molar-refractivity contribution is 9.10. The normalized spacial score (nSPS) is 10.1. The molecule has 6 nitrogen and oxygen atoms in total. The Balaban J connectivity index is 0.000000177. The van der Waals surface area contributed by atoms with E-state index in [1.54, 1.807) is 31.0 Å². The lowest BCUT2D eigenvalue weighted by molar-refractivity contribution is 0.625. The minimum absolute atomic E-state index is 0.184. The van der Waals surface area contributed by atoms with E-state index < -0.39 is 0 Å². The number of hydrogen-bond acceptors (Lipinski definition) is 4. The third kappa shape index (κ3) is 11.2. The smallest absolute Gasteiger partial charge is 0.123 e. The van der Waals surface area contributed by atoms with Crippen molar-refractivity contribution in [3.05, 3.63) is 167 Å². The number of aromatic nitrogens is 4. The fraction of sp³-hybridized carbons (Fsp3) is 0.158. The predicted octanol–water partition coefficient (Wildman–Crippen LogP) is 8.78. The Morgan fingerprint density at radius 1 is 0.660 bits per heavy atom. The van der Waals surface area contributed by atoms with E-state index in [0.29, 0.717) is 12.8 Å². The average Bonchev–Trinajstić information content (AvgIpc) is 3.79. The second-order valence-corrected chi connectivity index (χ2v) is 11.3. The second-order valence-electron chi connectivity index (χ2n) is 10.4. The summed E-state index contributed by atoms with van der Waals surface area (Å²) in [5, 5.41) is 17.4. The van der Waals surface area contributed by atoms with Gasteiger partial charge in [-0.2, -0.15) is 10.5 Å². The van der Waals surface area contributed by atoms with E-state index in [2.05, 4.69) is 42.6 Å². The van der Waals surface area contributed by atoms with Crippen molar-refractivity contribution < 1.29 is 8.78 Å². The molecule has 0 saturated heterocycles. The largest absolute Gasteiger partial charge is 0.337 e. The highest BCUT2D eigenvalue weighted by Crippen LogP contribution is 2.24. The first kappa shape index (κ1) is 34.5. The van der Waals surface area contributed by atoms with Crippen molar-refractivity contribution in [3.8, 4) is 23.4 Å². The maximum Gasteiger partial charge on any atom is 0.123 e. The van der Waals surface area contributed by atoms with Crippen LogP contribution < -0.4 is 0 Å². The summed E-state index contributed by atoms with van der Waals surface area (Å²) in [6.45, 7) is 1.63. The molecule has 0 spiro atoms. The van der Waals surface area contributed by atoms with Crippen LogP contribution in [0.3, 0.4) is 0 Å². The third-order valence-corrected chi connectivity index (χ3v) is 7.96. The molecule has 6 rings (SSSR count). The van der Waals surface area contributed by atoms with Crippen molar-refractivity contribution in [1.82, 2.24) is 19.1 Å². The Morgan fingerprint density at radius 2 is 1.23 bits per heavy atom. The quantitative estimate of drug-likeness (QED) is 0.152. The predicted molar refractivity (Wildman–Crippen MR) is 183 cm³/mol. The summed E-state index contributed by atoms with van der Waals surface area (Å²) < 4.78 is 30.6. The Bertz CT molecular complexity index is 1890. The van der Waals surface area contributed by atoms with Crippen molar-refractivity contribution in [2.24, 2.45) is 0 Å². The number of nitriles is 2. The minimum Gasteiger partial charge on any atom is -0.337 e. The first-order valence-corrected chi connectivity index (χ1v) is 15.8. The van der Waals surface area contributed by atoms with Gasteiger partial charge in [-0.15, -0.1) is 0 Å². The van der Waals surface area contributed by atoms with Gasteiger partial charge >= 0.3 is 0 Å². The zero-order chi connectivity index (χ0) is 33.3. The molecule has 2 heterocycles. The van der Waals surface area contributed by atoms with Gasteiger partial charge in [0.05, 0.1) is 49.5 Å². The molecule has 6 aromatic rings. The molecule has 0 radical (unpaired) electrons. The molecule has 47 heavy (non-hydrogen) atoms. The van der Waals surface area contributed by atoms with Crippen molar-refractivity contribution in [1.29, 1.82) is 10.5 Å². The van der Waals surface area contributed by atoms with Crippen molar-refractivity contribution >= 4 is 15.9 Å². The molecular formula is C38H33BrF2N6. The van der Waals surface area contributed by atoms with Crippen molar-refractivity contribution in [2.75, 3.05) is 0 Å². The highest BCUT2D eigenvalue weighted by Gasteiger charge is 2.10. The summed E-state index contributed by atoms with van der Waals surface area (Å²) in [6.07, 6.45) is 11.6. The van der Waals surface area contributed by atoms with Crippen LogP contribution in [0.4, 0.5) is 8.78 Å². The molecule has 0 fully saturated rings. The zero-order valence-corrected chi connectivity index (χ0v) is 27.3. The molecule has 0 atom stereocenters. The molecule has 0 aliphatic heterocycles. The lowest BCUT2D eigenvalue weighted by Gasteiger charge is -2.11. The molecule has 9 heteroatoms. The number of halogens is 3. The third-order valence-electron chi connectivity index (χ3n) is 7.19. The minimum atomic E-state index is -0.220. The first-order chi connectivity index (χ1) is 23.0. The van der Waals surface area contributed by atoms with E-state index in [1.165, 1.54) is 24.3 Å². The number of hydrogen-bond donors (Lipinski definition) is 0. The summed E-state index contributed by atoms with van der Waals surface area (Å²) >= 11 is 3.35. The Labute approximate surface area is 282 Å². The van der Waals surface area contributed by atoms with Gasteiger partial charge in [0, 0.05) is 35.5 Å². The number of aryl methyl sites for hydroxylation is 4. The monoisotopic (exact) mass is 690 g/mol. The Kier molecular flexibility index (Phi) is 13.6. The number of nitrogens with zero attached hydrogens (tertiary/aromatic N) is 6. The van der Waals surface area contributed by atoms with Gasteiger partial charge in [0.1, 0.15) is 11.6 Å². The number of rotatable bonds is 9. The fourth-order valence-corrected chi connectivity index (χ4v) is 5.11. The first-order valence-electron chi connectivity index (χ1n) is 15.0. The molecule has 4 aromatic carbocycles. The molecule has 236 valence electrons. The molecular weight excluding hydrogens is 658 g/mol. The van der Waals surface area contributed by atoms with Crippen molar-refractivity contribution in [3.63, 3.8) is 0 Å². The fourth-order valence-electron chi connectivity index (χ4n) is 4.69. The van der Waals surface area contributed by atoms with Crippen LogP contribution in [0.25, 0.3) is 11.3 Å². The summed E-state index contributed by atoms with van der Waals surface area (Å²) in [6, 6.07) is 33.1. The van der Waals surface area contributed by atoms with Gasteiger partial charge in [-0.1, -0.05) is 82.7 Å². The molecule has 0 amide bonds. The highest BCUT2D eigenvalue weighted by atomic mass is 79.9. The lowest BCUT2D eigenvalue weighted by atomic mass is 10.0. The molecule has 0 aliphatic rings. The topological polar surface area (TPSA) is 83.2 Å². The van der Waals surface area contributed by atoms with E-state index in [1.807, 2.05) is 77.6 Å². The molecule has 0 unspecified atom stereocenters. The van der Waals surface area contributed by atoms with Gasteiger partial charge in [0.25, 0.3) is 0 Å². The van der Waals surface area contributed by atoms with E-state index >= 15 is 0 Å². The van der Waals surface area contributed by atoms with Gasteiger partial charge in [0.15, 0.2) is 0 Å². The molecule has 0 saturated carbocycles.